The van der Waals surface area contributed by atoms with Crippen molar-refractivity contribution in [3.8, 4) is 16.9 Å². The monoisotopic (exact) mass is 404 g/mol. The summed E-state index contributed by atoms with van der Waals surface area (Å²) >= 11 is 0. The molecular weight excluding hydrogens is 376 g/mol. The minimum Gasteiger partial charge on any atom is -0.497 e. The highest BCUT2D eigenvalue weighted by atomic mass is 16.5. The first kappa shape index (κ1) is 20.1. The summed E-state index contributed by atoms with van der Waals surface area (Å²) in [5.41, 5.74) is 5.85. The molecule has 0 aliphatic carbocycles. The van der Waals surface area contributed by atoms with Crippen molar-refractivity contribution in [2.75, 3.05) is 20.2 Å². The van der Waals surface area contributed by atoms with Gasteiger partial charge in [0.05, 0.1) is 18.9 Å². The number of aryl methyl sites for hydroxylation is 2. The summed E-state index contributed by atoms with van der Waals surface area (Å²) in [6, 6.07) is 12.3. The lowest BCUT2D eigenvalue weighted by molar-refractivity contribution is 0.0705. The van der Waals surface area contributed by atoms with Crippen LogP contribution in [0.1, 0.15) is 46.2 Å². The first-order chi connectivity index (χ1) is 14.5. The molecule has 1 saturated heterocycles. The number of nitrogens with zero attached hydrogens (tertiary/aromatic N) is 4. The van der Waals surface area contributed by atoms with E-state index in [1.807, 2.05) is 44.0 Å². The van der Waals surface area contributed by atoms with Crippen molar-refractivity contribution in [3.05, 3.63) is 65.2 Å². The Morgan fingerprint density at radius 1 is 1.17 bits per heavy atom. The zero-order chi connectivity index (χ0) is 21.3. The summed E-state index contributed by atoms with van der Waals surface area (Å²) in [6.07, 6.45) is 3.68. The molecule has 4 rings (SSSR count). The molecule has 0 bridgehead atoms. The lowest BCUT2D eigenvalue weighted by Crippen LogP contribution is -2.39. The van der Waals surface area contributed by atoms with Crippen LogP contribution in [0.3, 0.4) is 0 Å². The molecule has 1 aromatic carbocycles. The van der Waals surface area contributed by atoms with Crippen LogP contribution >= 0.6 is 0 Å². The number of carbonyl (C=O) groups is 1. The minimum atomic E-state index is 0.0611. The third-order valence-corrected chi connectivity index (χ3v) is 5.97. The molecule has 0 unspecified atom stereocenters. The Kier molecular flexibility index (Phi) is 5.57. The zero-order valence-corrected chi connectivity index (χ0v) is 18.1. The van der Waals surface area contributed by atoms with Gasteiger partial charge < -0.3 is 9.64 Å². The number of rotatable bonds is 4. The fourth-order valence-electron chi connectivity index (χ4n) is 4.15. The van der Waals surface area contributed by atoms with Crippen molar-refractivity contribution in [1.29, 1.82) is 0 Å². The van der Waals surface area contributed by atoms with Crippen LogP contribution in [0.5, 0.6) is 5.75 Å². The van der Waals surface area contributed by atoms with E-state index in [0.717, 1.165) is 53.3 Å². The second-order valence-corrected chi connectivity index (χ2v) is 8.01. The number of carbonyl (C=O) groups excluding carboxylic acids is 1. The highest BCUT2D eigenvalue weighted by molar-refractivity contribution is 5.95. The molecule has 6 nitrogen and oxygen atoms in total. The number of amides is 1. The maximum atomic E-state index is 13.1. The molecular formula is C24H28N4O2. The maximum Gasteiger partial charge on any atom is 0.257 e. The summed E-state index contributed by atoms with van der Waals surface area (Å²) in [7, 11) is 3.54. The molecule has 3 aromatic rings. The van der Waals surface area contributed by atoms with Gasteiger partial charge in [0.1, 0.15) is 5.75 Å². The molecule has 1 fully saturated rings. The van der Waals surface area contributed by atoms with Crippen LogP contribution < -0.4 is 4.74 Å². The van der Waals surface area contributed by atoms with Gasteiger partial charge in [-0.1, -0.05) is 12.1 Å². The number of ether oxygens (including phenoxy) is 1. The predicted octanol–water partition coefficient (Wildman–Crippen LogP) is 4.13. The highest BCUT2D eigenvalue weighted by Crippen LogP contribution is 2.31. The van der Waals surface area contributed by atoms with E-state index in [9.17, 15) is 4.79 Å². The molecule has 1 atom stereocenters. The third kappa shape index (κ3) is 3.95. The van der Waals surface area contributed by atoms with Gasteiger partial charge in [0.25, 0.3) is 5.91 Å². The van der Waals surface area contributed by atoms with Crippen LogP contribution in [0.2, 0.25) is 0 Å². The number of hydrogen-bond donors (Lipinski definition) is 0. The smallest absolute Gasteiger partial charge is 0.257 e. The number of hydrogen-bond acceptors (Lipinski definition) is 4. The van der Waals surface area contributed by atoms with Crippen molar-refractivity contribution < 1.29 is 9.53 Å². The quantitative estimate of drug-likeness (QED) is 0.656. The van der Waals surface area contributed by atoms with E-state index in [4.69, 9.17) is 9.72 Å². The molecule has 2 aromatic heterocycles. The fourth-order valence-corrected chi connectivity index (χ4v) is 4.15. The van der Waals surface area contributed by atoms with Crippen LogP contribution in [0.15, 0.2) is 42.6 Å². The largest absolute Gasteiger partial charge is 0.497 e. The number of piperidine rings is 1. The van der Waals surface area contributed by atoms with Gasteiger partial charge in [-0.3, -0.25) is 14.5 Å². The number of benzene rings is 1. The van der Waals surface area contributed by atoms with Crippen molar-refractivity contribution in [1.82, 2.24) is 19.7 Å². The molecule has 6 heteroatoms. The normalized spacial score (nSPS) is 16.5. The van der Waals surface area contributed by atoms with E-state index in [-0.39, 0.29) is 11.8 Å². The van der Waals surface area contributed by atoms with E-state index >= 15 is 0 Å². The lowest BCUT2D eigenvalue weighted by atomic mass is 9.92. The fraction of sp³-hybridized carbons (Fsp3) is 0.375. The molecule has 1 amide bonds. The molecule has 1 aliphatic rings. The Balaban J connectivity index is 1.60. The van der Waals surface area contributed by atoms with Crippen LogP contribution in [0.25, 0.3) is 11.1 Å². The van der Waals surface area contributed by atoms with Gasteiger partial charge >= 0.3 is 0 Å². The van der Waals surface area contributed by atoms with Crippen molar-refractivity contribution in [3.63, 3.8) is 0 Å². The van der Waals surface area contributed by atoms with Gasteiger partial charge in [0.15, 0.2) is 0 Å². The standard InChI is InChI=1S/C24H28N4O2/c1-16-11-20(18-7-5-9-21(12-18)30-4)13-23(26-16)19-8-6-10-28(15-19)24(29)22-14-25-27(3)17(22)2/h5,7,9,11-14,19H,6,8,10,15H2,1-4H3/t19-/m1/s1. The Morgan fingerprint density at radius 2 is 2.00 bits per heavy atom. The van der Waals surface area contributed by atoms with Crippen molar-refractivity contribution >= 4 is 5.91 Å². The predicted molar refractivity (Wildman–Crippen MR) is 117 cm³/mol. The molecule has 30 heavy (non-hydrogen) atoms. The SMILES string of the molecule is COc1cccc(-c2cc(C)nc([C@@H]3CCCN(C(=O)c4cnn(C)c4C)C3)c2)c1. The van der Waals surface area contributed by atoms with Crippen LogP contribution in [-0.4, -0.2) is 45.8 Å². The lowest BCUT2D eigenvalue weighted by Gasteiger charge is -2.32. The Bertz CT molecular complexity index is 1070. The number of methoxy groups -OCH3 is 1. The summed E-state index contributed by atoms with van der Waals surface area (Å²) in [6.45, 7) is 5.42. The molecule has 0 spiro atoms. The number of pyridine rings is 1. The topological polar surface area (TPSA) is 60.2 Å². The van der Waals surface area contributed by atoms with Crippen LogP contribution in [0, 0.1) is 13.8 Å². The average molecular weight is 405 g/mol. The third-order valence-electron chi connectivity index (χ3n) is 5.97. The van der Waals surface area contributed by atoms with Crippen LogP contribution in [-0.2, 0) is 7.05 Å². The van der Waals surface area contributed by atoms with E-state index in [2.05, 4.69) is 23.3 Å². The highest BCUT2D eigenvalue weighted by Gasteiger charge is 2.28. The second kappa shape index (κ2) is 8.30. The Morgan fingerprint density at radius 3 is 2.73 bits per heavy atom. The summed E-state index contributed by atoms with van der Waals surface area (Å²) in [4.78, 5) is 19.9. The van der Waals surface area contributed by atoms with Gasteiger partial charge in [0.2, 0.25) is 0 Å². The first-order valence-corrected chi connectivity index (χ1v) is 10.4. The summed E-state index contributed by atoms with van der Waals surface area (Å²) < 4.78 is 7.13. The molecule has 3 heterocycles. The first-order valence-electron chi connectivity index (χ1n) is 10.4. The van der Waals surface area contributed by atoms with E-state index in [1.165, 1.54) is 0 Å². The van der Waals surface area contributed by atoms with E-state index in [1.54, 1.807) is 18.0 Å². The van der Waals surface area contributed by atoms with Gasteiger partial charge in [-0.2, -0.15) is 5.10 Å². The van der Waals surface area contributed by atoms with Crippen molar-refractivity contribution in [2.24, 2.45) is 7.05 Å². The van der Waals surface area contributed by atoms with E-state index in [0.29, 0.717) is 12.1 Å². The zero-order valence-electron chi connectivity index (χ0n) is 18.1. The molecule has 0 radical (unpaired) electrons. The number of aromatic nitrogens is 3. The Hall–Kier alpha value is -3.15. The molecule has 156 valence electrons. The summed E-state index contributed by atoms with van der Waals surface area (Å²) in [5, 5.41) is 4.23. The van der Waals surface area contributed by atoms with Gasteiger partial charge in [-0.25, -0.2) is 0 Å². The van der Waals surface area contributed by atoms with E-state index < -0.39 is 0 Å². The van der Waals surface area contributed by atoms with Gasteiger partial charge in [-0.05, 0) is 62.1 Å². The van der Waals surface area contributed by atoms with Crippen molar-refractivity contribution in [2.45, 2.75) is 32.6 Å². The van der Waals surface area contributed by atoms with Gasteiger partial charge in [0, 0.05) is 43.1 Å². The second-order valence-electron chi connectivity index (χ2n) is 8.01. The number of likely N-dealkylation sites (tertiary alicyclic amines) is 1. The molecule has 0 saturated carbocycles. The molecule has 0 N–H and O–H groups in total. The van der Waals surface area contributed by atoms with Crippen LogP contribution in [0.4, 0.5) is 0 Å². The minimum absolute atomic E-state index is 0.0611. The Labute approximate surface area is 177 Å². The van der Waals surface area contributed by atoms with Gasteiger partial charge in [-0.15, -0.1) is 0 Å². The maximum absolute atomic E-state index is 13.1. The molecule has 1 aliphatic heterocycles. The summed E-state index contributed by atoms with van der Waals surface area (Å²) in [5.74, 6) is 1.12. The average Bonchev–Trinajstić information content (AvgIpc) is 3.11.